The lowest BCUT2D eigenvalue weighted by atomic mass is 10.3. The van der Waals surface area contributed by atoms with Crippen LogP contribution in [0.5, 0.6) is 0 Å². The predicted octanol–water partition coefficient (Wildman–Crippen LogP) is 5.82. The average molecular weight is 350 g/mol. The molecular formula is C14H12Cl4N2. The monoisotopic (exact) mass is 348 g/mol. The van der Waals surface area contributed by atoms with Crippen LogP contribution in [0, 0.1) is 0 Å². The largest absolute Gasteiger partial charge is 0.381 e. The third-order valence-electron chi connectivity index (χ3n) is 2.65. The number of halogens is 4. The molecule has 20 heavy (non-hydrogen) atoms. The van der Waals surface area contributed by atoms with Crippen LogP contribution in [-0.4, -0.2) is 13.1 Å². The summed E-state index contributed by atoms with van der Waals surface area (Å²) in [5.74, 6) is 0. The maximum atomic E-state index is 6.07. The zero-order valence-electron chi connectivity index (χ0n) is 10.4. The Morgan fingerprint density at radius 2 is 0.900 bits per heavy atom. The first kappa shape index (κ1) is 15.6. The van der Waals surface area contributed by atoms with E-state index in [1.54, 1.807) is 36.4 Å². The summed E-state index contributed by atoms with van der Waals surface area (Å²) >= 11 is 24.3. The number of para-hydroxylation sites is 2. The zero-order chi connectivity index (χ0) is 14.5. The topological polar surface area (TPSA) is 24.1 Å². The first-order valence-electron chi connectivity index (χ1n) is 5.95. The number of benzene rings is 2. The summed E-state index contributed by atoms with van der Waals surface area (Å²) in [4.78, 5) is 0. The quantitative estimate of drug-likeness (QED) is 0.664. The number of anilines is 2. The fraction of sp³-hybridized carbons (Fsp3) is 0.143. The lowest BCUT2D eigenvalue weighted by Gasteiger charge is -2.13. The Balaban J connectivity index is 1.91. The van der Waals surface area contributed by atoms with Crippen molar-refractivity contribution in [2.45, 2.75) is 0 Å². The van der Waals surface area contributed by atoms with Crippen molar-refractivity contribution in [1.82, 2.24) is 0 Å². The highest BCUT2D eigenvalue weighted by Gasteiger charge is 2.06. The number of hydrogen-bond donors (Lipinski definition) is 2. The molecule has 2 aromatic carbocycles. The van der Waals surface area contributed by atoms with Crippen LogP contribution in [-0.2, 0) is 0 Å². The molecule has 2 aromatic rings. The van der Waals surface area contributed by atoms with Gasteiger partial charge in [0.25, 0.3) is 0 Å². The second kappa shape index (κ2) is 7.28. The fourth-order valence-corrected chi connectivity index (χ4v) is 2.77. The van der Waals surface area contributed by atoms with Gasteiger partial charge in [0, 0.05) is 13.1 Å². The molecule has 2 N–H and O–H groups in total. The SMILES string of the molecule is Clc1cccc(Cl)c1NCCNc1c(Cl)cccc1Cl. The second-order valence-electron chi connectivity index (χ2n) is 4.05. The highest BCUT2D eigenvalue weighted by atomic mass is 35.5. The van der Waals surface area contributed by atoms with Crippen molar-refractivity contribution in [3.8, 4) is 0 Å². The number of nitrogens with one attached hydrogen (secondary N) is 2. The van der Waals surface area contributed by atoms with E-state index in [9.17, 15) is 0 Å². The molecule has 0 radical (unpaired) electrons. The van der Waals surface area contributed by atoms with Crippen LogP contribution in [0.4, 0.5) is 11.4 Å². The van der Waals surface area contributed by atoms with E-state index in [4.69, 9.17) is 46.4 Å². The first-order valence-corrected chi connectivity index (χ1v) is 7.46. The Morgan fingerprint density at radius 1 is 0.600 bits per heavy atom. The highest BCUT2D eigenvalue weighted by molar-refractivity contribution is 6.39. The smallest absolute Gasteiger partial charge is 0.0719 e. The van der Waals surface area contributed by atoms with Gasteiger partial charge in [-0.3, -0.25) is 0 Å². The predicted molar refractivity (Wildman–Crippen MR) is 89.9 cm³/mol. The molecule has 0 heterocycles. The van der Waals surface area contributed by atoms with E-state index in [0.29, 0.717) is 33.2 Å². The van der Waals surface area contributed by atoms with E-state index < -0.39 is 0 Å². The standard InChI is InChI=1S/C14H12Cl4N2/c15-9-3-1-4-10(16)13(9)19-7-8-20-14-11(17)5-2-6-12(14)18/h1-6,19-20H,7-8H2. The van der Waals surface area contributed by atoms with E-state index in [-0.39, 0.29) is 0 Å². The van der Waals surface area contributed by atoms with E-state index >= 15 is 0 Å². The van der Waals surface area contributed by atoms with Gasteiger partial charge in [-0.25, -0.2) is 0 Å². The van der Waals surface area contributed by atoms with Crippen LogP contribution in [0.2, 0.25) is 20.1 Å². The lowest BCUT2D eigenvalue weighted by Crippen LogP contribution is -2.14. The first-order chi connectivity index (χ1) is 9.59. The minimum absolute atomic E-state index is 0.591. The molecule has 106 valence electrons. The minimum Gasteiger partial charge on any atom is -0.381 e. The van der Waals surface area contributed by atoms with E-state index in [2.05, 4.69) is 10.6 Å². The van der Waals surface area contributed by atoms with Gasteiger partial charge >= 0.3 is 0 Å². The lowest BCUT2D eigenvalue weighted by molar-refractivity contribution is 1.08. The Bertz CT molecular complexity index is 508. The Labute approximate surface area is 138 Å². The third-order valence-corrected chi connectivity index (χ3v) is 3.91. The summed E-state index contributed by atoms with van der Waals surface area (Å²) in [6.45, 7) is 1.26. The molecule has 2 rings (SSSR count). The Kier molecular flexibility index (Phi) is 5.67. The summed E-state index contributed by atoms with van der Waals surface area (Å²) in [6.07, 6.45) is 0. The van der Waals surface area contributed by atoms with Crippen LogP contribution in [0.15, 0.2) is 36.4 Å². The molecule has 0 aliphatic rings. The minimum atomic E-state index is 0.591. The van der Waals surface area contributed by atoms with Gasteiger partial charge in [-0.15, -0.1) is 0 Å². The molecule has 0 aliphatic carbocycles. The summed E-state index contributed by atoms with van der Waals surface area (Å²) < 4.78 is 0. The molecule has 0 saturated heterocycles. The highest BCUT2D eigenvalue weighted by Crippen LogP contribution is 2.31. The molecule has 0 aliphatic heterocycles. The van der Waals surface area contributed by atoms with Crippen molar-refractivity contribution < 1.29 is 0 Å². The molecule has 0 bridgehead atoms. The van der Waals surface area contributed by atoms with E-state index in [1.165, 1.54) is 0 Å². The average Bonchev–Trinajstić information content (AvgIpc) is 2.40. The summed E-state index contributed by atoms with van der Waals surface area (Å²) in [6, 6.07) is 10.7. The van der Waals surface area contributed by atoms with Gasteiger partial charge in [0.05, 0.1) is 31.5 Å². The molecular weight excluding hydrogens is 338 g/mol. The van der Waals surface area contributed by atoms with Gasteiger partial charge in [0.1, 0.15) is 0 Å². The van der Waals surface area contributed by atoms with Crippen LogP contribution in [0.1, 0.15) is 0 Å². The van der Waals surface area contributed by atoms with Crippen molar-refractivity contribution in [2.24, 2.45) is 0 Å². The van der Waals surface area contributed by atoms with Gasteiger partial charge in [-0.1, -0.05) is 58.5 Å². The summed E-state index contributed by atoms with van der Waals surface area (Å²) in [7, 11) is 0. The zero-order valence-corrected chi connectivity index (χ0v) is 13.4. The molecule has 0 amide bonds. The molecule has 0 fully saturated rings. The van der Waals surface area contributed by atoms with Crippen LogP contribution < -0.4 is 10.6 Å². The van der Waals surface area contributed by atoms with Crippen LogP contribution in [0.25, 0.3) is 0 Å². The third kappa shape index (κ3) is 3.86. The number of hydrogen-bond acceptors (Lipinski definition) is 2. The Hall–Kier alpha value is -0.800. The Morgan fingerprint density at radius 3 is 1.20 bits per heavy atom. The van der Waals surface area contributed by atoms with Crippen LogP contribution in [0.3, 0.4) is 0 Å². The van der Waals surface area contributed by atoms with Gasteiger partial charge in [-0.05, 0) is 24.3 Å². The van der Waals surface area contributed by atoms with Crippen molar-refractivity contribution in [3.63, 3.8) is 0 Å². The van der Waals surface area contributed by atoms with Gasteiger partial charge in [0.2, 0.25) is 0 Å². The second-order valence-corrected chi connectivity index (χ2v) is 5.68. The van der Waals surface area contributed by atoms with Gasteiger partial charge in [-0.2, -0.15) is 0 Å². The van der Waals surface area contributed by atoms with Gasteiger partial charge in [0.15, 0.2) is 0 Å². The van der Waals surface area contributed by atoms with Crippen LogP contribution >= 0.6 is 46.4 Å². The molecule has 0 aromatic heterocycles. The van der Waals surface area contributed by atoms with Crippen molar-refractivity contribution in [1.29, 1.82) is 0 Å². The van der Waals surface area contributed by atoms with Crippen molar-refractivity contribution in [3.05, 3.63) is 56.5 Å². The van der Waals surface area contributed by atoms with Crippen molar-refractivity contribution in [2.75, 3.05) is 23.7 Å². The molecule has 2 nitrogen and oxygen atoms in total. The normalized spacial score (nSPS) is 10.4. The molecule has 0 unspecified atom stereocenters. The van der Waals surface area contributed by atoms with E-state index in [1.807, 2.05) is 0 Å². The molecule has 0 atom stereocenters. The van der Waals surface area contributed by atoms with Crippen molar-refractivity contribution >= 4 is 57.8 Å². The summed E-state index contributed by atoms with van der Waals surface area (Å²) in [5.41, 5.74) is 1.45. The maximum absolute atomic E-state index is 6.07. The van der Waals surface area contributed by atoms with E-state index in [0.717, 1.165) is 11.4 Å². The maximum Gasteiger partial charge on any atom is 0.0719 e. The fourth-order valence-electron chi connectivity index (χ4n) is 1.71. The summed E-state index contributed by atoms with van der Waals surface area (Å²) in [5, 5.41) is 8.72. The molecule has 6 heteroatoms. The molecule has 0 spiro atoms. The number of rotatable bonds is 5. The molecule has 0 saturated carbocycles. The van der Waals surface area contributed by atoms with Gasteiger partial charge < -0.3 is 10.6 Å².